The lowest BCUT2D eigenvalue weighted by Crippen LogP contribution is -2.42. The van der Waals surface area contributed by atoms with Gasteiger partial charge in [-0.2, -0.15) is 0 Å². The van der Waals surface area contributed by atoms with Gasteiger partial charge in [0.25, 0.3) is 5.91 Å². The van der Waals surface area contributed by atoms with Crippen LogP contribution in [0, 0.1) is 5.92 Å². The summed E-state index contributed by atoms with van der Waals surface area (Å²) in [5.41, 5.74) is 1.19. The molecule has 0 spiro atoms. The Kier molecular flexibility index (Phi) is 5.16. The molecule has 140 valence electrons. The zero-order valence-corrected chi connectivity index (χ0v) is 15.4. The molecule has 3 fully saturated rings. The molecule has 3 aliphatic rings. The van der Waals surface area contributed by atoms with Gasteiger partial charge in [-0.1, -0.05) is 11.6 Å². The number of ether oxygens (including phenoxy) is 2. The number of piperidine rings is 1. The smallest absolute Gasteiger partial charge is 0.255 e. The average Bonchev–Trinajstić information content (AvgIpc) is 3.33. The van der Waals surface area contributed by atoms with Crippen LogP contribution in [-0.4, -0.2) is 55.9 Å². The van der Waals surface area contributed by atoms with E-state index in [1.165, 1.54) is 0 Å². The number of amides is 2. The van der Waals surface area contributed by atoms with Crippen molar-refractivity contribution >= 4 is 29.1 Å². The minimum Gasteiger partial charge on any atom is -0.350 e. The van der Waals surface area contributed by atoms with Gasteiger partial charge >= 0.3 is 0 Å². The summed E-state index contributed by atoms with van der Waals surface area (Å²) < 4.78 is 11.2. The van der Waals surface area contributed by atoms with Crippen LogP contribution in [0.5, 0.6) is 0 Å². The van der Waals surface area contributed by atoms with Gasteiger partial charge in [0.05, 0.1) is 24.5 Å². The molecule has 0 aliphatic carbocycles. The van der Waals surface area contributed by atoms with Crippen molar-refractivity contribution in [2.45, 2.75) is 32.0 Å². The fourth-order valence-corrected chi connectivity index (χ4v) is 4.17. The molecule has 0 unspecified atom stereocenters. The predicted molar refractivity (Wildman–Crippen MR) is 97.4 cm³/mol. The second kappa shape index (κ2) is 7.55. The molecule has 0 N–H and O–H groups in total. The first-order chi connectivity index (χ1) is 12.6. The molecule has 2 amide bonds. The monoisotopic (exact) mass is 378 g/mol. The first kappa shape index (κ1) is 17.8. The third-order valence-corrected chi connectivity index (χ3v) is 5.65. The fraction of sp³-hybridized carbons (Fsp3) is 0.579. The molecule has 26 heavy (non-hydrogen) atoms. The van der Waals surface area contributed by atoms with E-state index < -0.39 is 0 Å². The zero-order chi connectivity index (χ0) is 18.1. The summed E-state index contributed by atoms with van der Waals surface area (Å²) in [6.07, 6.45) is 2.93. The first-order valence-electron chi connectivity index (χ1n) is 9.26. The van der Waals surface area contributed by atoms with Gasteiger partial charge in [-0.25, -0.2) is 0 Å². The van der Waals surface area contributed by atoms with E-state index in [1.807, 2.05) is 4.90 Å². The molecule has 0 radical (unpaired) electrons. The van der Waals surface area contributed by atoms with E-state index >= 15 is 0 Å². The standard InChI is InChI=1S/C19H23ClN2O4/c20-14-3-4-15(16(12-14)22-7-1-2-17(22)23)18(24)21-8-5-13(6-9-21)19-25-10-11-26-19/h3-4,12-13,19H,1-2,5-11H2. The van der Waals surface area contributed by atoms with Crippen molar-refractivity contribution in [1.29, 1.82) is 0 Å². The Morgan fingerprint density at radius 1 is 1.12 bits per heavy atom. The van der Waals surface area contributed by atoms with Crippen molar-refractivity contribution in [3.05, 3.63) is 28.8 Å². The first-order valence-corrected chi connectivity index (χ1v) is 9.63. The van der Waals surface area contributed by atoms with E-state index in [1.54, 1.807) is 23.1 Å². The maximum absolute atomic E-state index is 13.1. The highest BCUT2D eigenvalue weighted by atomic mass is 35.5. The van der Waals surface area contributed by atoms with Crippen molar-refractivity contribution < 1.29 is 19.1 Å². The predicted octanol–water partition coefficient (Wildman–Crippen LogP) is 2.69. The maximum atomic E-state index is 13.1. The largest absolute Gasteiger partial charge is 0.350 e. The van der Waals surface area contributed by atoms with E-state index in [0.717, 1.165) is 19.3 Å². The van der Waals surface area contributed by atoms with Crippen LogP contribution >= 0.6 is 11.6 Å². The minimum absolute atomic E-state index is 0.0388. The number of anilines is 1. The quantitative estimate of drug-likeness (QED) is 0.811. The topological polar surface area (TPSA) is 59.1 Å². The van der Waals surface area contributed by atoms with Gasteiger partial charge in [-0.3, -0.25) is 9.59 Å². The lowest BCUT2D eigenvalue weighted by molar-refractivity contribution is -0.117. The van der Waals surface area contributed by atoms with Crippen LogP contribution in [0.25, 0.3) is 0 Å². The molecule has 0 atom stereocenters. The Hall–Kier alpha value is -1.63. The van der Waals surface area contributed by atoms with Gasteiger partial charge in [0.2, 0.25) is 5.91 Å². The van der Waals surface area contributed by atoms with Crippen LogP contribution in [0.2, 0.25) is 5.02 Å². The van der Waals surface area contributed by atoms with Crippen molar-refractivity contribution in [1.82, 2.24) is 4.90 Å². The third-order valence-electron chi connectivity index (χ3n) is 5.41. The number of hydrogen-bond donors (Lipinski definition) is 0. The molecular weight excluding hydrogens is 356 g/mol. The fourth-order valence-electron chi connectivity index (χ4n) is 4.01. The minimum atomic E-state index is -0.124. The number of carbonyl (C=O) groups excluding carboxylic acids is 2. The van der Waals surface area contributed by atoms with Crippen LogP contribution in [0.15, 0.2) is 18.2 Å². The number of hydrogen-bond acceptors (Lipinski definition) is 4. The van der Waals surface area contributed by atoms with Gasteiger partial charge in [-0.05, 0) is 37.5 Å². The normalized spacial score (nSPS) is 22.4. The molecule has 7 heteroatoms. The van der Waals surface area contributed by atoms with Crippen LogP contribution < -0.4 is 4.90 Å². The molecule has 6 nitrogen and oxygen atoms in total. The van der Waals surface area contributed by atoms with E-state index in [0.29, 0.717) is 61.5 Å². The van der Waals surface area contributed by atoms with Gasteiger partial charge in [0.15, 0.2) is 6.29 Å². The number of benzene rings is 1. The van der Waals surface area contributed by atoms with Crippen LogP contribution in [0.4, 0.5) is 5.69 Å². The Labute approximate surface area is 158 Å². The number of carbonyl (C=O) groups is 2. The van der Waals surface area contributed by atoms with Gasteiger partial charge in [0, 0.05) is 37.0 Å². The van der Waals surface area contributed by atoms with Crippen LogP contribution in [0.3, 0.4) is 0 Å². The molecule has 3 aliphatic heterocycles. The second-order valence-corrected chi connectivity index (χ2v) is 7.49. The summed E-state index contributed by atoms with van der Waals surface area (Å²) in [6.45, 7) is 3.28. The van der Waals surface area contributed by atoms with Crippen molar-refractivity contribution in [3.8, 4) is 0 Å². The van der Waals surface area contributed by atoms with Gasteiger partial charge < -0.3 is 19.3 Å². The van der Waals surface area contributed by atoms with Gasteiger partial charge in [0.1, 0.15) is 0 Å². The molecule has 0 aromatic heterocycles. The Morgan fingerprint density at radius 2 is 1.85 bits per heavy atom. The Morgan fingerprint density at radius 3 is 2.50 bits per heavy atom. The van der Waals surface area contributed by atoms with Crippen molar-refractivity contribution in [2.24, 2.45) is 5.92 Å². The van der Waals surface area contributed by atoms with E-state index in [9.17, 15) is 9.59 Å². The van der Waals surface area contributed by atoms with Crippen LogP contribution in [0.1, 0.15) is 36.0 Å². The highest BCUT2D eigenvalue weighted by molar-refractivity contribution is 6.31. The summed E-state index contributed by atoms with van der Waals surface area (Å²) >= 11 is 6.13. The summed E-state index contributed by atoms with van der Waals surface area (Å²) in [4.78, 5) is 28.8. The van der Waals surface area contributed by atoms with E-state index in [2.05, 4.69) is 0 Å². The zero-order valence-electron chi connectivity index (χ0n) is 14.7. The van der Waals surface area contributed by atoms with E-state index in [4.69, 9.17) is 21.1 Å². The van der Waals surface area contributed by atoms with Crippen molar-refractivity contribution in [2.75, 3.05) is 37.7 Å². The summed E-state index contributed by atoms with van der Waals surface area (Å²) in [7, 11) is 0. The number of likely N-dealkylation sites (tertiary alicyclic amines) is 1. The Balaban J connectivity index is 1.49. The van der Waals surface area contributed by atoms with Crippen LogP contribution in [-0.2, 0) is 14.3 Å². The summed E-state index contributed by atoms with van der Waals surface area (Å²) in [5, 5.41) is 0.533. The molecule has 3 heterocycles. The molecule has 1 aromatic carbocycles. The lowest BCUT2D eigenvalue weighted by Gasteiger charge is -2.34. The summed E-state index contributed by atoms with van der Waals surface area (Å²) in [5.74, 6) is 0.352. The average molecular weight is 379 g/mol. The van der Waals surface area contributed by atoms with Crippen molar-refractivity contribution in [3.63, 3.8) is 0 Å². The maximum Gasteiger partial charge on any atom is 0.255 e. The molecule has 3 saturated heterocycles. The number of halogens is 1. The number of nitrogens with zero attached hydrogens (tertiary/aromatic N) is 2. The third kappa shape index (κ3) is 3.46. The van der Waals surface area contributed by atoms with Gasteiger partial charge in [-0.15, -0.1) is 0 Å². The molecule has 4 rings (SSSR count). The lowest BCUT2D eigenvalue weighted by atomic mass is 9.95. The Bertz CT molecular complexity index is 697. The second-order valence-electron chi connectivity index (χ2n) is 7.05. The number of rotatable bonds is 3. The molecule has 0 saturated carbocycles. The SMILES string of the molecule is O=C(c1ccc(Cl)cc1N1CCCC1=O)N1CCC(C2OCCO2)CC1. The molecule has 1 aromatic rings. The molecular formula is C19H23ClN2O4. The summed E-state index contributed by atoms with van der Waals surface area (Å²) in [6, 6.07) is 5.18. The van der Waals surface area contributed by atoms with E-state index in [-0.39, 0.29) is 18.1 Å². The molecule has 0 bridgehead atoms. The highest BCUT2D eigenvalue weighted by Crippen LogP contribution is 2.31. The highest BCUT2D eigenvalue weighted by Gasteiger charge is 2.33.